The minimum absolute atomic E-state index is 0.0980. The first-order valence-corrected chi connectivity index (χ1v) is 5.58. The van der Waals surface area contributed by atoms with Gasteiger partial charge >= 0.3 is 0 Å². The summed E-state index contributed by atoms with van der Waals surface area (Å²) in [5, 5.41) is 0. The van der Waals surface area contributed by atoms with Crippen LogP contribution >= 0.6 is 0 Å². The van der Waals surface area contributed by atoms with Crippen molar-refractivity contribution in [2.75, 3.05) is 0 Å². The molecular weight excluding hydrogens is 198 g/mol. The monoisotopic (exact) mass is 217 g/mol. The number of carbonyl (C=O) groups excluding carboxylic acids is 1. The molecule has 0 aliphatic rings. The number of benzene rings is 1. The molecule has 2 N–H and O–H groups in total. The Hall–Kier alpha value is -1.41. The van der Waals surface area contributed by atoms with Crippen LogP contribution in [0.2, 0.25) is 0 Å². The van der Waals surface area contributed by atoms with Crippen molar-refractivity contribution in [2.24, 2.45) is 11.7 Å². The molecule has 0 aromatic heterocycles. The normalized spacial score (nSPS) is 14.1. The van der Waals surface area contributed by atoms with E-state index in [0.29, 0.717) is 6.42 Å². The van der Waals surface area contributed by atoms with Gasteiger partial charge in [-0.2, -0.15) is 0 Å². The molecule has 1 unspecified atom stereocenters. The fourth-order valence-corrected chi connectivity index (χ4v) is 1.60. The maximum Gasteiger partial charge on any atom is 0.149 e. The number of carbonyl (C=O) groups is 1. The summed E-state index contributed by atoms with van der Waals surface area (Å²) in [6.07, 6.45) is 3.17. The Morgan fingerprint density at radius 3 is 2.56 bits per heavy atom. The molecule has 1 aromatic carbocycles. The molecule has 2 nitrogen and oxygen atoms in total. The highest BCUT2D eigenvalue weighted by atomic mass is 16.1. The SMILES string of the molecule is C=CC(CC(=O)[C@H](C)N)Cc1ccccc1. The van der Waals surface area contributed by atoms with E-state index < -0.39 is 0 Å². The number of hydrogen-bond donors (Lipinski definition) is 1. The van der Waals surface area contributed by atoms with Crippen molar-refractivity contribution < 1.29 is 4.79 Å². The van der Waals surface area contributed by atoms with Crippen molar-refractivity contribution in [1.29, 1.82) is 0 Å². The summed E-state index contributed by atoms with van der Waals surface area (Å²) in [6.45, 7) is 5.50. The second-order valence-electron chi connectivity index (χ2n) is 4.14. The fraction of sp³-hybridized carbons (Fsp3) is 0.357. The van der Waals surface area contributed by atoms with Gasteiger partial charge in [-0.3, -0.25) is 4.79 Å². The minimum atomic E-state index is -0.377. The van der Waals surface area contributed by atoms with E-state index in [1.54, 1.807) is 6.92 Å². The lowest BCUT2D eigenvalue weighted by Gasteiger charge is -2.13. The number of Topliss-reactive ketones (excluding diaryl/α,β-unsaturated/α-hetero) is 1. The zero-order valence-corrected chi connectivity index (χ0v) is 9.73. The van der Waals surface area contributed by atoms with Crippen LogP contribution in [0.15, 0.2) is 43.0 Å². The lowest BCUT2D eigenvalue weighted by atomic mass is 9.93. The van der Waals surface area contributed by atoms with Gasteiger partial charge < -0.3 is 5.73 Å². The van der Waals surface area contributed by atoms with Gasteiger partial charge in [-0.05, 0) is 24.8 Å². The summed E-state index contributed by atoms with van der Waals surface area (Å²) in [5.41, 5.74) is 6.78. The highest BCUT2D eigenvalue weighted by Gasteiger charge is 2.14. The number of hydrogen-bond acceptors (Lipinski definition) is 2. The van der Waals surface area contributed by atoms with Crippen LogP contribution in [0.4, 0.5) is 0 Å². The van der Waals surface area contributed by atoms with Crippen LogP contribution in [0.3, 0.4) is 0 Å². The van der Waals surface area contributed by atoms with Crippen molar-refractivity contribution in [2.45, 2.75) is 25.8 Å². The third-order valence-electron chi connectivity index (χ3n) is 2.65. The largest absolute Gasteiger partial charge is 0.322 e. The van der Waals surface area contributed by atoms with Gasteiger partial charge in [-0.15, -0.1) is 6.58 Å². The van der Waals surface area contributed by atoms with Crippen LogP contribution < -0.4 is 5.73 Å². The molecule has 0 aliphatic carbocycles. The molecule has 0 fully saturated rings. The molecular formula is C14H19NO. The second-order valence-corrected chi connectivity index (χ2v) is 4.14. The minimum Gasteiger partial charge on any atom is -0.322 e. The Balaban J connectivity index is 2.56. The van der Waals surface area contributed by atoms with E-state index >= 15 is 0 Å². The van der Waals surface area contributed by atoms with Gasteiger partial charge in [0.15, 0.2) is 0 Å². The molecule has 0 saturated heterocycles. The summed E-state index contributed by atoms with van der Waals surface area (Å²) in [6, 6.07) is 9.74. The molecule has 0 bridgehead atoms. The van der Waals surface area contributed by atoms with Gasteiger partial charge in [0.25, 0.3) is 0 Å². The molecule has 1 rings (SSSR count). The standard InChI is InChI=1S/C14H19NO/c1-3-12(10-14(16)11(2)15)9-13-7-5-4-6-8-13/h3-8,11-12H,1,9-10,15H2,2H3/t11-,12?/m0/s1. The molecule has 0 aliphatic heterocycles. The van der Waals surface area contributed by atoms with Gasteiger partial charge in [0, 0.05) is 6.42 Å². The second kappa shape index (κ2) is 6.23. The lowest BCUT2D eigenvalue weighted by Crippen LogP contribution is -2.28. The van der Waals surface area contributed by atoms with Crippen molar-refractivity contribution in [3.05, 3.63) is 48.6 Å². The smallest absolute Gasteiger partial charge is 0.149 e. The molecule has 86 valence electrons. The van der Waals surface area contributed by atoms with E-state index in [-0.39, 0.29) is 17.7 Å². The van der Waals surface area contributed by atoms with Crippen molar-refractivity contribution in [3.8, 4) is 0 Å². The Labute approximate surface area is 97.2 Å². The molecule has 2 atom stereocenters. The molecule has 1 aromatic rings. The van der Waals surface area contributed by atoms with Gasteiger partial charge in [0.05, 0.1) is 6.04 Å². The Morgan fingerprint density at radius 2 is 2.06 bits per heavy atom. The Bertz CT molecular complexity index is 343. The van der Waals surface area contributed by atoms with Crippen LogP contribution in [-0.4, -0.2) is 11.8 Å². The molecule has 0 spiro atoms. The molecule has 16 heavy (non-hydrogen) atoms. The Kier molecular flexibility index (Phi) is 4.93. The number of nitrogens with two attached hydrogens (primary N) is 1. The van der Waals surface area contributed by atoms with E-state index in [0.717, 1.165) is 6.42 Å². The number of rotatable bonds is 6. The summed E-state index contributed by atoms with van der Waals surface area (Å²) < 4.78 is 0. The summed E-state index contributed by atoms with van der Waals surface area (Å²) in [5.74, 6) is 0.279. The Morgan fingerprint density at radius 1 is 1.44 bits per heavy atom. The highest BCUT2D eigenvalue weighted by molar-refractivity contribution is 5.83. The number of ketones is 1. The van der Waals surface area contributed by atoms with Crippen LogP contribution in [0.5, 0.6) is 0 Å². The predicted octanol–water partition coefficient (Wildman–Crippen LogP) is 2.34. The molecule has 0 radical (unpaired) electrons. The van der Waals surface area contributed by atoms with Crippen molar-refractivity contribution >= 4 is 5.78 Å². The zero-order chi connectivity index (χ0) is 12.0. The van der Waals surface area contributed by atoms with Gasteiger partial charge in [-0.25, -0.2) is 0 Å². The topological polar surface area (TPSA) is 43.1 Å². The van der Waals surface area contributed by atoms with E-state index in [4.69, 9.17) is 5.73 Å². The zero-order valence-electron chi connectivity index (χ0n) is 9.73. The maximum absolute atomic E-state index is 11.5. The van der Waals surface area contributed by atoms with Crippen LogP contribution in [0, 0.1) is 5.92 Å². The van der Waals surface area contributed by atoms with Gasteiger partial charge in [0.1, 0.15) is 5.78 Å². The maximum atomic E-state index is 11.5. The average Bonchev–Trinajstić information content (AvgIpc) is 2.29. The molecule has 0 heterocycles. The third-order valence-corrected chi connectivity index (χ3v) is 2.65. The summed E-state index contributed by atoms with van der Waals surface area (Å²) in [7, 11) is 0. The first-order chi connectivity index (χ1) is 7.63. The first kappa shape index (κ1) is 12.7. The quantitative estimate of drug-likeness (QED) is 0.743. The average molecular weight is 217 g/mol. The summed E-state index contributed by atoms with van der Waals surface area (Å²) >= 11 is 0. The van der Waals surface area contributed by atoms with E-state index in [2.05, 4.69) is 18.7 Å². The van der Waals surface area contributed by atoms with E-state index in [9.17, 15) is 4.79 Å². The fourth-order valence-electron chi connectivity index (χ4n) is 1.60. The van der Waals surface area contributed by atoms with Crippen LogP contribution in [0.1, 0.15) is 18.9 Å². The lowest BCUT2D eigenvalue weighted by molar-refractivity contribution is -0.120. The van der Waals surface area contributed by atoms with Crippen LogP contribution in [-0.2, 0) is 11.2 Å². The van der Waals surface area contributed by atoms with Gasteiger partial charge in [0.2, 0.25) is 0 Å². The van der Waals surface area contributed by atoms with Crippen molar-refractivity contribution in [3.63, 3.8) is 0 Å². The third kappa shape index (κ3) is 3.99. The van der Waals surface area contributed by atoms with E-state index in [1.165, 1.54) is 5.56 Å². The molecule has 0 saturated carbocycles. The van der Waals surface area contributed by atoms with Crippen molar-refractivity contribution in [1.82, 2.24) is 0 Å². The number of allylic oxidation sites excluding steroid dienone is 1. The predicted molar refractivity (Wildman–Crippen MR) is 67.1 cm³/mol. The highest BCUT2D eigenvalue weighted by Crippen LogP contribution is 2.14. The van der Waals surface area contributed by atoms with Gasteiger partial charge in [-0.1, -0.05) is 36.4 Å². The van der Waals surface area contributed by atoms with E-state index in [1.807, 2.05) is 24.3 Å². The van der Waals surface area contributed by atoms with Crippen LogP contribution in [0.25, 0.3) is 0 Å². The molecule has 2 heteroatoms. The molecule has 0 amide bonds. The first-order valence-electron chi connectivity index (χ1n) is 5.58. The summed E-state index contributed by atoms with van der Waals surface area (Å²) in [4.78, 5) is 11.5.